The number of rotatable bonds is 3. The van der Waals surface area contributed by atoms with E-state index in [-0.39, 0.29) is 11.6 Å². The molecule has 17 heavy (non-hydrogen) atoms. The highest BCUT2D eigenvalue weighted by Crippen LogP contribution is 2.39. The molecule has 1 unspecified atom stereocenters. The molecule has 3 nitrogen and oxygen atoms in total. The molecule has 3 heteroatoms. The van der Waals surface area contributed by atoms with Gasteiger partial charge in [0.15, 0.2) is 0 Å². The van der Waals surface area contributed by atoms with Gasteiger partial charge < -0.3 is 15.1 Å². The van der Waals surface area contributed by atoms with Gasteiger partial charge in [0.05, 0.1) is 12.3 Å². The van der Waals surface area contributed by atoms with Crippen LogP contribution in [-0.4, -0.2) is 24.5 Å². The van der Waals surface area contributed by atoms with E-state index in [9.17, 15) is 0 Å². The molecule has 1 aliphatic carbocycles. The molecule has 2 rings (SSSR count). The molecule has 0 saturated heterocycles. The maximum atomic E-state index is 6.48. The normalized spacial score (nSPS) is 22.4. The Kier molecular flexibility index (Phi) is 3.89. The zero-order valence-electron chi connectivity index (χ0n) is 11.0. The summed E-state index contributed by atoms with van der Waals surface area (Å²) in [4.78, 5) is 2.31. The largest absolute Gasteiger partial charge is 0.468 e. The maximum Gasteiger partial charge on any atom is 0.122 e. The summed E-state index contributed by atoms with van der Waals surface area (Å²) in [6.07, 6.45) is 9.26. The summed E-state index contributed by atoms with van der Waals surface area (Å²) in [7, 11) is 4.29. The summed E-state index contributed by atoms with van der Waals surface area (Å²) >= 11 is 0. The van der Waals surface area contributed by atoms with E-state index in [1.807, 2.05) is 12.1 Å². The Morgan fingerprint density at radius 2 is 1.88 bits per heavy atom. The lowest BCUT2D eigenvalue weighted by Gasteiger charge is -2.43. The molecular formula is C14H24N2O. The van der Waals surface area contributed by atoms with E-state index in [1.165, 1.54) is 38.5 Å². The van der Waals surface area contributed by atoms with Crippen molar-refractivity contribution in [3.05, 3.63) is 24.2 Å². The van der Waals surface area contributed by atoms with Crippen LogP contribution in [0.3, 0.4) is 0 Å². The molecule has 1 aromatic rings. The Morgan fingerprint density at radius 1 is 1.24 bits per heavy atom. The smallest absolute Gasteiger partial charge is 0.122 e. The molecule has 1 aromatic heterocycles. The molecular weight excluding hydrogens is 212 g/mol. The number of nitrogens with two attached hydrogens (primary N) is 1. The second-order valence-electron chi connectivity index (χ2n) is 5.41. The third-order valence-electron chi connectivity index (χ3n) is 4.29. The second kappa shape index (κ2) is 5.23. The van der Waals surface area contributed by atoms with E-state index >= 15 is 0 Å². The van der Waals surface area contributed by atoms with E-state index in [0.29, 0.717) is 0 Å². The monoisotopic (exact) mass is 236 g/mol. The summed E-state index contributed by atoms with van der Waals surface area (Å²) < 4.78 is 5.51. The van der Waals surface area contributed by atoms with Gasteiger partial charge in [-0.05, 0) is 39.1 Å². The first-order chi connectivity index (χ1) is 8.17. The molecule has 0 radical (unpaired) electrons. The third-order valence-corrected chi connectivity index (χ3v) is 4.29. The summed E-state index contributed by atoms with van der Waals surface area (Å²) in [6.45, 7) is 0. The Bertz CT molecular complexity index is 324. The number of hydrogen-bond acceptors (Lipinski definition) is 3. The highest BCUT2D eigenvalue weighted by molar-refractivity contribution is 5.12. The van der Waals surface area contributed by atoms with Gasteiger partial charge in [-0.25, -0.2) is 0 Å². The van der Waals surface area contributed by atoms with Gasteiger partial charge >= 0.3 is 0 Å². The Morgan fingerprint density at radius 3 is 2.35 bits per heavy atom. The van der Waals surface area contributed by atoms with E-state index in [4.69, 9.17) is 10.2 Å². The van der Waals surface area contributed by atoms with Gasteiger partial charge in [-0.3, -0.25) is 0 Å². The molecule has 1 aliphatic rings. The first-order valence-electron chi connectivity index (χ1n) is 6.63. The van der Waals surface area contributed by atoms with Gasteiger partial charge in [0, 0.05) is 5.54 Å². The molecule has 0 aliphatic heterocycles. The summed E-state index contributed by atoms with van der Waals surface area (Å²) in [5.74, 6) is 0.917. The topological polar surface area (TPSA) is 42.4 Å². The molecule has 0 bridgehead atoms. The lowest BCUT2D eigenvalue weighted by molar-refractivity contribution is 0.0877. The zero-order valence-corrected chi connectivity index (χ0v) is 11.0. The van der Waals surface area contributed by atoms with Gasteiger partial charge in [0.25, 0.3) is 0 Å². The lowest BCUT2D eigenvalue weighted by Crippen LogP contribution is -2.52. The maximum absolute atomic E-state index is 6.48. The average molecular weight is 236 g/mol. The van der Waals surface area contributed by atoms with Crippen molar-refractivity contribution in [2.75, 3.05) is 14.1 Å². The van der Waals surface area contributed by atoms with Crippen molar-refractivity contribution in [3.63, 3.8) is 0 Å². The SMILES string of the molecule is CN(C)C1(C(N)c2ccco2)CCCCCC1. The van der Waals surface area contributed by atoms with Gasteiger partial charge in [0.1, 0.15) is 5.76 Å². The van der Waals surface area contributed by atoms with Crippen LogP contribution >= 0.6 is 0 Å². The Labute approximate surface area is 104 Å². The minimum absolute atomic E-state index is 0.0226. The first kappa shape index (κ1) is 12.7. The zero-order chi connectivity index (χ0) is 12.3. The van der Waals surface area contributed by atoms with Crippen molar-refractivity contribution in [2.24, 2.45) is 5.73 Å². The van der Waals surface area contributed by atoms with Gasteiger partial charge in [-0.15, -0.1) is 0 Å². The fourth-order valence-electron chi connectivity index (χ4n) is 3.11. The number of likely N-dealkylation sites (N-methyl/N-ethyl adjacent to an activating group) is 1. The fraction of sp³-hybridized carbons (Fsp3) is 0.714. The van der Waals surface area contributed by atoms with Crippen LogP contribution in [0.15, 0.2) is 22.8 Å². The Balaban J connectivity index is 2.26. The van der Waals surface area contributed by atoms with Crippen molar-refractivity contribution < 1.29 is 4.42 Å². The lowest BCUT2D eigenvalue weighted by atomic mass is 9.80. The van der Waals surface area contributed by atoms with Crippen LogP contribution in [-0.2, 0) is 0 Å². The Hall–Kier alpha value is -0.800. The van der Waals surface area contributed by atoms with Crippen LogP contribution in [0.4, 0.5) is 0 Å². The molecule has 0 aromatic carbocycles. The number of furan rings is 1. The quantitative estimate of drug-likeness (QED) is 0.820. The van der Waals surface area contributed by atoms with E-state index < -0.39 is 0 Å². The fourth-order valence-corrected chi connectivity index (χ4v) is 3.11. The van der Waals surface area contributed by atoms with Crippen molar-refractivity contribution in [3.8, 4) is 0 Å². The van der Waals surface area contributed by atoms with Crippen LogP contribution in [0.5, 0.6) is 0 Å². The highest BCUT2D eigenvalue weighted by atomic mass is 16.3. The average Bonchev–Trinajstić information content (AvgIpc) is 2.72. The predicted molar refractivity (Wildman–Crippen MR) is 69.8 cm³/mol. The van der Waals surface area contributed by atoms with Crippen LogP contribution in [0.2, 0.25) is 0 Å². The van der Waals surface area contributed by atoms with Crippen LogP contribution in [0.25, 0.3) is 0 Å². The van der Waals surface area contributed by atoms with Crippen molar-refractivity contribution >= 4 is 0 Å². The highest BCUT2D eigenvalue weighted by Gasteiger charge is 2.40. The van der Waals surface area contributed by atoms with Crippen LogP contribution in [0, 0.1) is 0 Å². The van der Waals surface area contributed by atoms with Crippen molar-refractivity contribution in [1.29, 1.82) is 0 Å². The van der Waals surface area contributed by atoms with Crippen molar-refractivity contribution in [1.82, 2.24) is 4.90 Å². The van der Waals surface area contributed by atoms with E-state index in [1.54, 1.807) is 6.26 Å². The molecule has 0 spiro atoms. The molecule has 0 amide bonds. The van der Waals surface area contributed by atoms with E-state index in [0.717, 1.165) is 5.76 Å². The number of nitrogens with zero attached hydrogens (tertiary/aromatic N) is 1. The molecule has 1 saturated carbocycles. The van der Waals surface area contributed by atoms with E-state index in [2.05, 4.69) is 19.0 Å². The minimum Gasteiger partial charge on any atom is -0.468 e. The molecule has 1 atom stereocenters. The molecule has 1 heterocycles. The summed E-state index contributed by atoms with van der Waals surface area (Å²) in [6, 6.07) is 3.90. The predicted octanol–water partition coefficient (Wildman–Crippen LogP) is 2.93. The second-order valence-corrected chi connectivity index (χ2v) is 5.41. The molecule has 96 valence electrons. The van der Waals surface area contributed by atoms with Gasteiger partial charge in [-0.1, -0.05) is 25.7 Å². The summed E-state index contributed by atoms with van der Waals surface area (Å²) in [5, 5.41) is 0. The first-order valence-corrected chi connectivity index (χ1v) is 6.63. The van der Waals surface area contributed by atoms with Crippen molar-refractivity contribution in [2.45, 2.75) is 50.1 Å². The molecule has 2 N–H and O–H groups in total. The summed E-state index contributed by atoms with van der Waals surface area (Å²) in [5.41, 5.74) is 6.55. The van der Waals surface area contributed by atoms with Crippen LogP contribution < -0.4 is 5.73 Å². The number of hydrogen-bond donors (Lipinski definition) is 1. The molecule has 1 fully saturated rings. The standard InChI is InChI=1S/C14H24N2O/c1-16(2)14(9-5-3-4-6-10-14)13(15)12-8-7-11-17-12/h7-8,11,13H,3-6,9-10,15H2,1-2H3. The third kappa shape index (κ3) is 2.40. The van der Waals surface area contributed by atoms with Gasteiger partial charge in [-0.2, -0.15) is 0 Å². The minimum atomic E-state index is -0.0226. The van der Waals surface area contributed by atoms with Crippen LogP contribution in [0.1, 0.15) is 50.3 Å². The van der Waals surface area contributed by atoms with Gasteiger partial charge in [0.2, 0.25) is 0 Å².